The molecule has 0 saturated heterocycles. The summed E-state index contributed by atoms with van der Waals surface area (Å²) in [4.78, 5) is 4.30. The Morgan fingerprint density at radius 3 is 2.52 bits per heavy atom. The molecule has 8 heteroatoms. The van der Waals surface area contributed by atoms with Crippen molar-refractivity contribution in [3.8, 4) is 11.1 Å². The van der Waals surface area contributed by atoms with Crippen LogP contribution in [0.4, 0.5) is 5.82 Å². The molecule has 0 unspecified atom stereocenters. The van der Waals surface area contributed by atoms with Gasteiger partial charge in [0, 0.05) is 40.6 Å². The first-order chi connectivity index (χ1) is 14.5. The monoisotopic (exact) mass is 460 g/mol. The van der Waals surface area contributed by atoms with E-state index >= 15 is 0 Å². The molecule has 1 fully saturated rings. The van der Waals surface area contributed by atoms with Crippen LogP contribution in [0.1, 0.15) is 58.1 Å². The number of anilines is 1. The van der Waals surface area contributed by atoms with Crippen LogP contribution in [0, 0.1) is 6.92 Å². The van der Waals surface area contributed by atoms with Crippen LogP contribution in [0.3, 0.4) is 0 Å². The number of aryl methyl sites for hydroxylation is 1. The van der Waals surface area contributed by atoms with Gasteiger partial charge in [0.2, 0.25) is 0 Å². The molecule has 3 heterocycles. The topological polar surface area (TPSA) is 79.1 Å². The van der Waals surface area contributed by atoms with E-state index in [0.717, 1.165) is 47.8 Å². The number of nitrogens with two attached hydrogens (primary N) is 1. The highest BCUT2D eigenvalue weighted by atomic mass is 35.5. The van der Waals surface area contributed by atoms with E-state index in [-0.39, 0.29) is 5.04 Å². The number of rotatable bonds is 4. The van der Waals surface area contributed by atoms with Crippen molar-refractivity contribution in [2.24, 2.45) is 0 Å². The number of fused-ring (bicyclic) bond motifs is 1. The Morgan fingerprint density at radius 2 is 1.87 bits per heavy atom. The highest BCUT2D eigenvalue weighted by Crippen LogP contribution is 2.41. The number of hydrogen-bond acceptors (Lipinski definition) is 5. The van der Waals surface area contributed by atoms with Gasteiger partial charge < -0.3 is 14.6 Å². The Bertz CT molecular complexity index is 1090. The van der Waals surface area contributed by atoms with Crippen LogP contribution in [0.5, 0.6) is 0 Å². The molecule has 2 N–H and O–H groups in total. The number of nitrogens with zero attached hydrogens (tertiary/aromatic N) is 3. The van der Waals surface area contributed by atoms with Gasteiger partial charge in [0.1, 0.15) is 0 Å². The molecule has 1 aliphatic rings. The molecule has 0 atom stereocenters. The lowest BCUT2D eigenvalue weighted by molar-refractivity contribution is 0.115. The van der Waals surface area contributed by atoms with Crippen molar-refractivity contribution in [3.63, 3.8) is 0 Å². The first kappa shape index (κ1) is 22.4. The second kappa shape index (κ2) is 7.94. The van der Waals surface area contributed by atoms with Gasteiger partial charge in [-0.1, -0.05) is 20.8 Å². The highest BCUT2D eigenvalue weighted by Gasteiger charge is 2.40. The van der Waals surface area contributed by atoms with E-state index in [2.05, 4.69) is 54.8 Å². The van der Waals surface area contributed by atoms with Gasteiger partial charge in [-0.05, 0) is 62.3 Å². The van der Waals surface area contributed by atoms with Crippen molar-refractivity contribution >= 4 is 36.7 Å². The molecule has 0 radical (unpaired) electrons. The zero-order chi connectivity index (χ0) is 22.6. The summed E-state index contributed by atoms with van der Waals surface area (Å²) >= 11 is 6.22. The largest absolute Gasteiger partial charge is 0.440 e. The lowest BCUT2D eigenvalue weighted by Gasteiger charge is -2.41. The highest BCUT2D eigenvalue weighted by molar-refractivity contribution is 6.74. The van der Waals surface area contributed by atoms with E-state index in [0.29, 0.717) is 28.8 Å². The van der Waals surface area contributed by atoms with Gasteiger partial charge in [0.15, 0.2) is 24.9 Å². The van der Waals surface area contributed by atoms with Crippen molar-refractivity contribution in [1.82, 2.24) is 14.8 Å². The van der Waals surface area contributed by atoms with Crippen molar-refractivity contribution in [1.29, 1.82) is 0 Å². The number of pyridine rings is 1. The van der Waals surface area contributed by atoms with Crippen LogP contribution in [-0.2, 0) is 4.43 Å². The normalized spacial score (nSPS) is 20.5. The summed E-state index contributed by atoms with van der Waals surface area (Å²) in [5.74, 6) is 0.348. The molecular formula is C23H33ClN4O2Si. The Hall–Kier alpha value is -1.83. The molecule has 4 rings (SSSR count). The molecule has 3 aromatic rings. The fourth-order valence-electron chi connectivity index (χ4n) is 4.16. The Labute approximate surface area is 190 Å². The zero-order valence-corrected chi connectivity index (χ0v) is 21.1. The lowest BCUT2D eigenvalue weighted by atomic mass is 9.93. The lowest BCUT2D eigenvalue weighted by Crippen LogP contribution is -2.44. The summed E-state index contributed by atoms with van der Waals surface area (Å²) in [5.41, 5.74) is 9.35. The van der Waals surface area contributed by atoms with E-state index in [1.165, 1.54) is 0 Å². The Kier molecular flexibility index (Phi) is 5.73. The summed E-state index contributed by atoms with van der Waals surface area (Å²) in [6.45, 7) is 13.5. The number of aromatic nitrogens is 3. The van der Waals surface area contributed by atoms with Crippen LogP contribution in [-0.4, -0.2) is 29.2 Å². The van der Waals surface area contributed by atoms with Gasteiger partial charge in [-0.2, -0.15) is 5.10 Å². The van der Waals surface area contributed by atoms with Crippen molar-refractivity contribution in [3.05, 3.63) is 29.4 Å². The third kappa shape index (κ3) is 4.15. The van der Waals surface area contributed by atoms with Gasteiger partial charge in [-0.15, -0.1) is 0 Å². The second-order valence-corrected chi connectivity index (χ2v) is 15.4. The summed E-state index contributed by atoms with van der Waals surface area (Å²) in [6.07, 6.45) is 10.5. The van der Waals surface area contributed by atoms with Gasteiger partial charge >= 0.3 is 0 Å². The minimum Gasteiger partial charge on any atom is -0.440 e. The molecule has 0 aromatic carbocycles. The molecule has 0 amide bonds. The number of halogens is 1. The third-order valence-corrected chi connectivity index (χ3v) is 12.0. The van der Waals surface area contributed by atoms with E-state index in [1.807, 2.05) is 13.1 Å². The first-order valence-electron chi connectivity index (χ1n) is 11.0. The first-order valence-corrected chi connectivity index (χ1v) is 14.3. The quantitative estimate of drug-likeness (QED) is 0.436. The average molecular weight is 461 g/mol. The van der Waals surface area contributed by atoms with E-state index < -0.39 is 8.32 Å². The Balaban J connectivity index is 1.50. The van der Waals surface area contributed by atoms with E-state index in [1.54, 1.807) is 6.20 Å². The molecule has 1 aliphatic carbocycles. The van der Waals surface area contributed by atoms with Crippen molar-refractivity contribution in [2.45, 2.75) is 83.7 Å². The molecule has 0 bridgehead atoms. The molecule has 168 valence electrons. The fraction of sp³-hybridized carbons (Fsp3) is 0.565. The Morgan fingerprint density at radius 1 is 1.19 bits per heavy atom. The molecule has 0 spiro atoms. The summed E-state index contributed by atoms with van der Waals surface area (Å²) in [5, 5.41) is 6.18. The predicted octanol–water partition coefficient (Wildman–Crippen LogP) is 6.74. The predicted molar refractivity (Wildman–Crippen MR) is 129 cm³/mol. The van der Waals surface area contributed by atoms with Gasteiger partial charge in [-0.3, -0.25) is 4.68 Å². The number of nitrogen functional groups attached to an aromatic ring is 1. The number of furan rings is 1. The molecular weight excluding hydrogens is 428 g/mol. The smallest absolute Gasteiger partial charge is 0.197 e. The molecule has 0 aliphatic heterocycles. The maximum absolute atomic E-state index is 6.64. The van der Waals surface area contributed by atoms with Crippen molar-refractivity contribution < 1.29 is 8.84 Å². The standard InChI is InChI=1S/C23H33ClN4O2Si/c1-14-19-18(12-26-22(25)20(19)29-21(14)24)15-11-27-28(13-15)16-7-9-17(10-8-16)30-31(5,6)23(2,3)4/h11-13,16-17H,7-10H2,1-6H3,(H2,25,26)/t16-,17-. The van der Waals surface area contributed by atoms with Crippen LogP contribution in [0.25, 0.3) is 22.1 Å². The van der Waals surface area contributed by atoms with Gasteiger partial charge in [-0.25, -0.2) is 4.98 Å². The molecule has 6 nitrogen and oxygen atoms in total. The fourth-order valence-corrected chi connectivity index (χ4v) is 5.76. The van der Waals surface area contributed by atoms with E-state index in [4.69, 9.17) is 26.2 Å². The molecule has 1 saturated carbocycles. The summed E-state index contributed by atoms with van der Waals surface area (Å²) < 4.78 is 14.4. The molecule has 3 aromatic heterocycles. The van der Waals surface area contributed by atoms with Crippen LogP contribution >= 0.6 is 11.6 Å². The number of hydrogen-bond donors (Lipinski definition) is 1. The van der Waals surface area contributed by atoms with Crippen molar-refractivity contribution in [2.75, 3.05) is 5.73 Å². The third-order valence-electron chi connectivity index (χ3n) is 7.12. The summed E-state index contributed by atoms with van der Waals surface area (Å²) in [6, 6.07) is 0.388. The maximum atomic E-state index is 6.64. The second-order valence-electron chi connectivity index (χ2n) is 10.3. The van der Waals surface area contributed by atoms with Crippen LogP contribution in [0.2, 0.25) is 23.4 Å². The average Bonchev–Trinajstić information content (AvgIpc) is 3.28. The minimum atomic E-state index is -1.73. The van der Waals surface area contributed by atoms with Crippen LogP contribution < -0.4 is 5.73 Å². The zero-order valence-electron chi connectivity index (χ0n) is 19.3. The summed E-state index contributed by atoms with van der Waals surface area (Å²) in [7, 11) is -1.73. The van der Waals surface area contributed by atoms with Gasteiger partial charge in [0.25, 0.3) is 0 Å². The van der Waals surface area contributed by atoms with E-state index in [9.17, 15) is 0 Å². The van der Waals surface area contributed by atoms with Crippen LogP contribution in [0.15, 0.2) is 23.0 Å². The minimum absolute atomic E-state index is 0.243. The maximum Gasteiger partial charge on any atom is 0.197 e. The van der Waals surface area contributed by atoms with Gasteiger partial charge in [0.05, 0.1) is 12.2 Å². The SMILES string of the molecule is Cc1c(Cl)oc2c(N)ncc(-c3cnn([C@H]4CC[C@H](O[Si](C)(C)C(C)(C)C)CC4)c3)c12. The molecule has 31 heavy (non-hydrogen) atoms.